The van der Waals surface area contributed by atoms with Crippen LogP contribution >= 0.6 is 0 Å². The summed E-state index contributed by atoms with van der Waals surface area (Å²) in [6.07, 6.45) is 0.482. The molecule has 1 aliphatic rings. The maximum absolute atomic E-state index is 12.9. The van der Waals surface area contributed by atoms with Gasteiger partial charge in [0.15, 0.2) is 0 Å². The van der Waals surface area contributed by atoms with Crippen molar-refractivity contribution in [2.75, 3.05) is 33.2 Å². The monoisotopic (exact) mass is 367 g/mol. The van der Waals surface area contributed by atoms with Gasteiger partial charge in [0.1, 0.15) is 6.04 Å². The number of piperazine rings is 1. The molecule has 0 spiro atoms. The quantitative estimate of drug-likeness (QED) is 0.826. The Labute approximate surface area is 151 Å². The molecule has 25 heavy (non-hydrogen) atoms. The number of likely N-dealkylation sites (N-methyl/N-ethyl adjacent to an activating group) is 1. The Hall–Kier alpha value is -1.44. The number of hydrogen-bond donors (Lipinski definition) is 1. The Balaban J connectivity index is 2.20. The summed E-state index contributed by atoms with van der Waals surface area (Å²) < 4.78 is 28.2. The fourth-order valence-corrected chi connectivity index (χ4v) is 4.47. The van der Waals surface area contributed by atoms with Gasteiger partial charge in [0, 0.05) is 26.2 Å². The van der Waals surface area contributed by atoms with Crippen molar-refractivity contribution in [3.05, 3.63) is 29.8 Å². The highest BCUT2D eigenvalue weighted by atomic mass is 32.2. The van der Waals surface area contributed by atoms with Gasteiger partial charge in [-0.3, -0.25) is 4.79 Å². The molecule has 0 aliphatic carbocycles. The molecule has 1 heterocycles. The van der Waals surface area contributed by atoms with Crippen molar-refractivity contribution < 1.29 is 13.2 Å². The Morgan fingerprint density at radius 2 is 1.76 bits per heavy atom. The van der Waals surface area contributed by atoms with Gasteiger partial charge >= 0.3 is 0 Å². The van der Waals surface area contributed by atoms with Crippen molar-refractivity contribution in [3.63, 3.8) is 0 Å². The van der Waals surface area contributed by atoms with Gasteiger partial charge in [-0.2, -0.15) is 4.72 Å². The van der Waals surface area contributed by atoms with Crippen LogP contribution in [0.1, 0.15) is 25.8 Å². The third-order valence-electron chi connectivity index (χ3n) is 4.50. The zero-order chi connectivity index (χ0) is 18.6. The van der Waals surface area contributed by atoms with Gasteiger partial charge in [0.25, 0.3) is 0 Å². The zero-order valence-electron chi connectivity index (χ0n) is 15.5. The number of rotatable bonds is 6. The van der Waals surface area contributed by atoms with Crippen molar-refractivity contribution in [1.29, 1.82) is 0 Å². The van der Waals surface area contributed by atoms with E-state index in [2.05, 4.69) is 9.62 Å². The lowest BCUT2D eigenvalue weighted by atomic mass is 10.0. The van der Waals surface area contributed by atoms with Gasteiger partial charge in [-0.1, -0.05) is 32.0 Å². The minimum absolute atomic E-state index is 0.126. The SMILES string of the molecule is Cc1ccccc1S(=O)(=O)N[C@@H](CC(C)C)C(=O)N1CCN(C)CC1. The van der Waals surface area contributed by atoms with E-state index >= 15 is 0 Å². The smallest absolute Gasteiger partial charge is 0.241 e. The highest BCUT2D eigenvalue weighted by Gasteiger charge is 2.31. The Morgan fingerprint density at radius 1 is 1.16 bits per heavy atom. The lowest BCUT2D eigenvalue weighted by Gasteiger charge is -2.35. The lowest BCUT2D eigenvalue weighted by Crippen LogP contribution is -2.54. The molecule has 140 valence electrons. The van der Waals surface area contributed by atoms with Gasteiger partial charge in [0.2, 0.25) is 15.9 Å². The van der Waals surface area contributed by atoms with Gasteiger partial charge in [-0.05, 0) is 37.9 Å². The van der Waals surface area contributed by atoms with Crippen molar-refractivity contribution in [2.45, 2.75) is 38.1 Å². The molecular weight excluding hydrogens is 338 g/mol. The molecular formula is C18H29N3O3S. The molecule has 2 rings (SSSR count). The molecule has 0 aromatic heterocycles. The summed E-state index contributed by atoms with van der Waals surface area (Å²) in [7, 11) is -1.72. The molecule has 1 saturated heterocycles. The van der Waals surface area contributed by atoms with E-state index in [0.29, 0.717) is 25.1 Å². The van der Waals surface area contributed by atoms with Crippen LogP contribution < -0.4 is 4.72 Å². The molecule has 1 amide bonds. The minimum atomic E-state index is -3.74. The van der Waals surface area contributed by atoms with Crippen LogP contribution in [-0.2, 0) is 14.8 Å². The number of aryl methyl sites for hydroxylation is 1. The van der Waals surface area contributed by atoms with Gasteiger partial charge in [0.05, 0.1) is 4.90 Å². The molecule has 1 atom stereocenters. The molecule has 7 heteroatoms. The van der Waals surface area contributed by atoms with E-state index in [1.165, 1.54) is 0 Å². The van der Waals surface area contributed by atoms with E-state index in [0.717, 1.165) is 13.1 Å². The topological polar surface area (TPSA) is 69.7 Å². The number of benzene rings is 1. The van der Waals surface area contributed by atoms with E-state index in [9.17, 15) is 13.2 Å². The first-order valence-electron chi connectivity index (χ1n) is 8.76. The van der Waals surface area contributed by atoms with Crippen LogP contribution in [-0.4, -0.2) is 63.4 Å². The van der Waals surface area contributed by atoms with Crippen molar-refractivity contribution in [3.8, 4) is 0 Å². The summed E-state index contributed by atoms with van der Waals surface area (Å²) in [6, 6.07) is 6.10. The fourth-order valence-electron chi connectivity index (χ4n) is 3.03. The molecule has 1 fully saturated rings. The predicted molar refractivity (Wildman–Crippen MR) is 98.8 cm³/mol. The average Bonchev–Trinajstić information content (AvgIpc) is 2.54. The number of hydrogen-bond acceptors (Lipinski definition) is 4. The Kier molecular flexibility index (Phi) is 6.59. The van der Waals surface area contributed by atoms with Gasteiger partial charge in [-0.15, -0.1) is 0 Å². The predicted octanol–water partition coefficient (Wildman–Crippen LogP) is 1.46. The van der Waals surface area contributed by atoms with Crippen LogP contribution in [0.4, 0.5) is 0 Å². The molecule has 0 saturated carbocycles. The average molecular weight is 368 g/mol. The van der Waals surface area contributed by atoms with E-state index in [4.69, 9.17) is 0 Å². The number of carbonyl (C=O) groups is 1. The lowest BCUT2D eigenvalue weighted by molar-refractivity contribution is -0.135. The zero-order valence-corrected chi connectivity index (χ0v) is 16.3. The molecule has 6 nitrogen and oxygen atoms in total. The third kappa shape index (κ3) is 5.26. The number of nitrogens with zero attached hydrogens (tertiary/aromatic N) is 2. The van der Waals surface area contributed by atoms with Crippen LogP contribution in [0.2, 0.25) is 0 Å². The van der Waals surface area contributed by atoms with Crippen molar-refractivity contribution in [1.82, 2.24) is 14.5 Å². The second-order valence-electron chi connectivity index (χ2n) is 7.20. The normalized spacial score (nSPS) is 17.7. The van der Waals surface area contributed by atoms with Crippen LogP contribution in [0.25, 0.3) is 0 Å². The van der Waals surface area contributed by atoms with E-state index in [1.807, 2.05) is 20.9 Å². The second-order valence-corrected chi connectivity index (χ2v) is 8.88. The highest BCUT2D eigenvalue weighted by molar-refractivity contribution is 7.89. The highest BCUT2D eigenvalue weighted by Crippen LogP contribution is 2.17. The summed E-state index contributed by atoms with van der Waals surface area (Å²) in [5.41, 5.74) is 0.672. The van der Waals surface area contributed by atoms with Crippen LogP contribution in [0.15, 0.2) is 29.2 Å². The van der Waals surface area contributed by atoms with E-state index in [-0.39, 0.29) is 16.7 Å². The maximum Gasteiger partial charge on any atom is 0.241 e. The third-order valence-corrected chi connectivity index (χ3v) is 6.13. The minimum Gasteiger partial charge on any atom is -0.339 e. The summed E-state index contributed by atoms with van der Waals surface area (Å²) in [6.45, 7) is 8.63. The van der Waals surface area contributed by atoms with E-state index < -0.39 is 16.1 Å². The summed E-state index contributed by atoms with van der Waals surface area (Å²) in [5.74, 6) is 0.0833. The number of carbonyl (C=O) groups excluding carboxylic acids is 1. The van der Waals surface area contributed by atoms with Crippen molar-refractivity contribution >= 4 is 15.9 Å². The summed E-state index contributed by atoms with van der Waals surface area (Å²) in [4.78, 5) is 17.1. The first-order chi connectivity index (χ1) is 11.7. The van der Waals surface area contributed by atoms with Crippen molar-refractivity contribution in [2.24, 2.45) is 5.92 Å². The largest absolute Gasteiger partial charge is 0.339 e. The number of amides is 1. The molecule has 1 aliphatic heterocycles. The molecule has 1 aromatic rings. The van der Waals surface area contributed by atoms with Crippen LogP contribution in [0.5, 0.6) is 0 Å². The first-order valence-corrected chi connectivity index (χ1v) is 10.2. The maximum atomic E-state index is 12.9. The van der Waals surface area contributed by atoms with Gasteiger partial charge in [-0.25, -0.2) is 8.42 Å². The Bertz CT molecular complexity index is 695. The van der Waals surface area contributed by atoms with E-state index in [1.54, 1.807) is 36.1 Å². The van der Waals surface area contributed by atoms with Crippen LogP contribution in [0.3, 0.4) is 0 Å². The molecule has 0 bridgehead atoms. The number of sulfonamides is 1. The fraction of sp³-hybridized carbons (Fsp3) is 0.611. The van der Waals surface area contributed by atoms with Gasteiger partial charge < -0.3 is 9.80 Å². The Morgan fingerprint density at radius 3 is 2.32 bits per heavy atom. The molecule has 1 N–H and O–H groups in total. The number of nitrogens with one attached hydrogen (secondary N) is 1. The van der Waals surface area contributed by atoms with Crippen LogP contribution in [0, 0.1) is 12.8 Å². The standard InChI is InChI=1S/C18H29N3O3S/c1-14(2)13-16(18(22)21-11-9-20(4)10-12-21)19-25(23,24)17-8-6-5-7-15(17)3/h5-8,14,16,19H,9-13H2,1-4H3/t16-/m0/s1. The molecule has 0 radical (unpaired) electrons. The second kappa shape index (κ2) is 8.29. The molecule has 1 aromatic carbocycles. The molecule has 0 unspecified atom stereocenters. The summed E-state index contributed by atoms with van der Waals surface area (Å²) in [5, 5.41) is 0. The summed E-state index contributed by atoms with van der Waals surface area (Å²) >= 11 is 0. The first kappa shape index (κ1) is 19.9.